The van der Waals surface area contributed by atoms with Crippen LogP contribution in [-0.4, -0.2) is 45.2 Å². The molecule has 1 aliphatic rings. The molecule has 2 heterocycles. The number of carbonyl (C=O) groups is 1. The predicted molar refractivity (Wildman–Crippen MR) is 130 cm³/mol. The summed E-state index contributed by atoms with van der Waals surface area (Å²) < 4.78 is 2.45. The highest BCUT2D eigenvalue weighted by Gasteiger charge is 2.20. The van der Waals surface area contributed by atoms with Gasteiger partial charge < -0.3 is 5.32 Å². The van der Waals surface area contributed by atoms with Gasteiger partial charge in [0.25, 0.3) is 0 Å². The van der Waals surface area contributed by atoms with Crippen LogP contribution in [0.4, 0.5) is 0 Å². The molecule has 0 bridgehead atoms. The third kappa shape index (κ3) is 5.93. The first-order valence-corrected chi connectivity index (χ1v) is 11.7. The Morgan fingerprint density at radius 1 is 1.22 bits per heavy atom. The van der Waals surface area contributed by atoms with E-state index in [-0.39, 0.29) is 5.91 Å². The number of hydrogen-bond acceptors (Lipinski definition) is 4. The first-order chi connectivity index (χ1) is 15.6. The summed E-state index contributed by atoms with van der Waals surface area (Å²) in [5.74, 6) is 1.33. The highest BCUT2D eigenvalue weighted by atomic mass is 32.1. The smallest absolute Gasteiger partial charge is 0.221 e. The Balaban J connectivity index is 1.27. The highest BCUT2D eigenvalue weighted by Crippen LogP contribution is 2.20. The molecule has 1 amide bonds. The van der Waals surface area contributed by atoms with Gasteiger partial charge in [-0.05, 0) is 56.1 Å². The van der Waals surface area contributed by atoms with Gasteiger partial charge in [-0.25, -0.2) is 0 Å². The number of carbonyl (C=O) groups excluding carboxylic acids is 1. The highest BCUT2D eigenvalue weighted by molar-refractivity contribution is 7.71. The van der Waals surface area contributed by atoms with Crippen molar-refractivity contribution in [2.45, 2.75) is 39.3 Å². The van der Waals surface area contributed by atoms with E-state index in [0.717, 1.165) is 49.6 Å². The molecule has 0 radical (unpaired) electrons. The molecule has 2 aromatic carbocycles. The van der Waals surface area contributed by atoms with E-state index in [0.29, 0.717) is 23.7 Å². The molecule has 6 nitrogen and oxygen atoms in total. The van der Waals surface area contributed by atoms with Crippen molar-refractivity contribution in [3.8, 4) is 11.4 Å². The van der Waals surface area contributed by atoms with Crippen LogP contribution >= 0.6 is 12.2 Å². The summed E-state index contributed by atoms with van der Waals surface area (Å²) in [7, 11) is 0. The Labute approximate surface area is 194 Å². The third-order valence-electron chi connectivity index (χ3n) is 6.04. The van der Waals surface area contributed by atoms with Crippen LogP contribution in [-0.2, 0) is 17.9 Å². The fourth-order valence-corrected chi connectivity index (χ4v) is 4.62. The summed E-state index contributed by atoms with van der Waals surface area (Å²) >= 11 is 5.40. The number of aromatic nitrogens is 3. The fourth-order valence-electron chi connectivity index (χ4n) is 4.39. The largest absolute Gasteiger partial charge is 0.356 e. The Bertz CT molecular complexity index is 1090. The maximum absolute atomic E-state index is 12.6. The molecular weight excluding hydrogens is 418 g/mol. The number of nitrogens with one attached hydrogen (secondary N) is 2. The standard InChI is InChI=1S/C25H31N5OS/c1-19-7-5-11-22(15-19)24-27-28-25(32)30(24)14-12-23(31)26-16-21-10-6-13-29(18-21)17-20-8-3-2-4-9-20/h2-5,7-9,11,15,21H,6,10,12-14,16-18H2,1H3,(H,26,31)(H,28,32). The zero-order chi connectivity index (χ0) is 22.3. The maximum atomic E-state index is 12.6. The van der Waals surface area contributed by atoms with Gasteiger partial charge in [-0.2, -0.15) is 5.10 Å². The van der Waals surface area contributed by atoms with E-state index in [2.05, 4.69) is 69.8 Å². The van der Waals surface area contributed by atoms with Crippen molar-refractivity contribution < 1.29 is 4.79 Å². The normalized spacial score (nSPS) is 16.7. The quantitative estimate of drug-likeness (QED) is 0.502. The van der Waals surface area contributed by atoms with E-state index in [9.17, 15) is 4.79 Å². The summed E-state index contributed by atoms with van der Waals surface area (Å²) in [6, 6.07) is 18.7. The Morgan fingerprint density at radius 3 is 2.88 bits per heavy atom. The van der Waals surface area contributed by atoms with Gasteiger partial charge in [0, 0.05) is 38.2 Å². The van der Waals surface area contributed by atoms with E-state index in [1.165, 1.54) is 12.0 Å². The lowest BCUT2D eigenvalue weighted by atomic mass is 9.97. The monoisotopic (exact) mass is 449 g/mol. The van der Waals surface area contributed by atoms with Crippen molar-refractivity contribution in [3.05, 3.63) is 70.5 Å². The molecule has 4 rings (SSSR count). The zero-order valence-corrected chi connectivity index (χ0v) is 19.4. The van der Waals surface area contributed by atoms with Gasteiger partial charge in [0.15, 0.2) is 10.6 Å². The van der Waals surface area contributed by atoms with Crippen molar-refractivity contribution in [3.63, 3.8) is 0 Å². The predicted octanol–water partition coefficient (Wildman–Crippen LogP) is 4.33. The van der Waals surface area contributed by atoms with Crippen LogP contribution in [0.25, 0.3) is 11.4 Å². The molecule has 3 aromatic rings. The van der Waals surface area contributed by atoms with E-state index in [1.54, 1.807) is 0 Å². The number of piperidine rings is 1. The van der Waals surface area contributed by atoms with Crippen LogP contribution in [0, 0.1) is 17.6 Å². The SMILES string of the molecule is Cc1cccc(-c2n[nH]c(=S)n2CCC(=O)NCC2CCCN(Cc3ccccc3)C2)c1. The minimum atomic E-state index is 0.0588. The second-order valence-corrected chi connectivity index (χ2v) is 9.04. The molecule has 1 atom stereocenters. The number of rotatable bonds is 8. The second-order valence-electron chi connectivity index (χ2n) is 8.66. The number of likely N-dealkylation sites (tertiary alicyclic amines) is 1. The van der Waals surface area contributed by atoms with Crippen LogP contribution in [0.5, 0.6) is 0 Å². The van der Waals surface area contributed by atoms with Crippen LogP contribution in [0.1, 0.15) is 30.4 Å². The summed E-state index contributed by atoms with van der Waals surface area (Å²) in [4.78, 5) is 15.1. The van der Waals surface area contributed by atoms with Crippen molar-refractivity contribution >= 4 is 18.1 Å². The molecule has 1 fully saturated rings. The number of aromatic amines is 1. The Kier molecular flexibility index (Phi) is 7.50. The number of nitrogens with zero attached hydrogens (tertiary/aromatic N) is 3. The lowest BCUT2D eigenvalue weighted by Crippen LogP contribution is -2.40. The Morgan fingerprint density at radius 2 is 2.06 bits per heavy atom. The van der Waals surface area contributed by atoms with Crippen LogP contribution in [0.3, 0.4) is 0 Å². The molecule has 1 saturated heterocycles. The summed E-state index contributed by atoms with van der Waals surface area (Å²) in [6.45, 7) is 6.42. The lowest BCUT2D eigenvalue weighted by molar-refractivity contribution is -0.121. The molecular formula is C25H31N5OS. The minimum Gasteiger partial charge on any atom is -0.356 e. The number of hydrogen-bond donors (Lipinski definition) is 2. The molecule has 2 N–H and O–H groups in total. The lowest BCUT2D eigenvalue weighted by Gasteiger charge is -2.32. The number of benzene rings is 2. The maximum Gasteiger partial charge on any atom is 0.221 e. The van der Waals surface area contributed by atoms with Gasteiger partial charge in [0.1, 0.15) is 0 Å². The zero-order valence-electron chi connectivity index (χ0n) is 18.6. The second kappa shape index (κ2) is 10.7. The summed E-state index contributed by atoms with van der Waals surface area (Å²) in [6.07, 6.45) is 2.72. The molecule has 1 aliphatic heterocycles. The first kappa shape index (κ1) is 22.4. The van der Waals surface area contributed by atoms with Gasteiger partial charge in [0.2, 0.25) is 5.91 Å². The number of H-pyrrole nitrogens is 1. The third-order valence-corrected chi connectivity index (χ3v) is 6.35. The van der Waals surface area contributed by atoms with E-state index >= 15 is 0 Å². The van der Waals surface area contributed by atoms with Crippen molar-refractivity contribution in [2.24, 2.45) is 5.92 Å². The van der Waals surface area contributed by atoms with Crippen LogP contribution < -0.4 is 5.32 Å². The fraction of sp³-hybridized carbons (Fsp3) is 0.400. The molecule has 0 aliphatic carbocycles. The molecule has 32 heavy (non-hydrogen) atoms. The van der Waals surface area contributed by atoms with Gasteiger partial charge in [-0.1, -0.05) is 54.1 Å². The summed E-state index contributed by atoms with van der Waals surface area (Å²) in [5, 5.41) is 10.4. The average Bonchev–Trinajstić information content (AvgIpc) is 3.17. The van der Waals surface area contributed by atoms with Crippen LogP contribution in [0.15, 0.2) is 54.6 Å². The molecule has 0 spiro atoms. The van der Waals surface area contributed by atoms with Crippen molar-refractivity contribution in [1.82, 2.24) is 25.0 Å². The molecule has 1 unspecified atom stereocenters. The summed E-state index contributed by atoms with van der Waals surface area (Å²) in [5.41, 5.74) is 3.51. The first-order valence-electron chi connectivity index (χ1n) is 11.3. The van der Waals surface area contributed by atoms with Crippen molar-refractivity contribution in [1.29, 1.82) is 0 Å². The average molecular weight is 450 g/mol. The topological polar surface area (TPSA) is 66.0 Å². The van der Waals surface area contributed by atoms with Gasteiger partial charge >= 0.3 is 0 Å². The number of aryl methyl sites for hydroxylation is 1. The molecule has 168 valence electrons. The van der Waals surface area contributed by atoms with Gasteiger partial charge in [-0.15, -0.1) is 0 Å². The van der Waals surface area contributed by atoms with E-state index in [1.807, 2.05) is 16.7 Å². The van der Waals surface area contributed by atoms with E-state index < -0.39 is 0 Å². The molecule has 7 heteroatoms. The minimum absolute atomic E-state index is 0.0588. The van der Waals surface area contributed by atoms with Crippen molar-refractivity contribution in [2.75, 3.05) is 19.6 Å². The van der Waals surface area contributed by atoms with Crippen LogP contribution in [0.2, 0.25) is 0 Å². The van der Waals surface area contributed by atoms with E-state index in [4.69, 9.17) is 12.2 Å². The molecule has 0 saturated carbocycles. The Hall–Kier alpha value is -2.77. The molecule has 1 aromatic heterocycles. The number of amides is 1. The van der Waals surface area contributed by atoms with Gasteiger partial charge in [-0.3, -0.25) is 19.4 Å². The van der Waals surface area contributed by atoms with Gasteiger partial charge in [0.05, 0.1) is 0 Å².